The molecule has 0 atom stereocenters. The van der Waals surface area contributed by atoms with Crippen molar-refractivity contribution in [3.8, 4) is 11.5 Å². The van der Waals surface area contributed by atoms with Crippen LogP contribution in [-0.4, -0.2) is 18.2 Å². The second-order valence-corrected chi connectivity index (χ2v) is 5.73. The molecule has 0 N–H and O–H groups in total. The Morgan fingerprint density at radius 3 is 2.48 bits per heavy atom. The number of halogens is 1. The van der Waals surface area contributed by atoms with E-state index in [0.29, 0.717) is 13.2 Å². The van der Waals surface area contributed by atoms with Gasteiger partial charge in [-0.1, -0.05) is 18.2 Å². The lowest BCUT2D eigenvalue weighted by Crippen LogP contribution is -2.09. The van der Waals surface area contributed by atoms with Crippen LogP contribution in [0.25, 0.3) is 10.9 Å². The third-order valence-electron chi connectivity index (χ3n) is 3.02. The fraction of sp³-hybridized carbons (Fsp3) is 0.118. The quantitative estimate of drug-likeness (QED) is 0.480. The Hall–Kier alpha value is -1.82. The molecule has 0 saturated carbocycles. The van der Waals surface area contributed by atoms with E-state index in [-0.39, 0.29) is 0 Å². The van der Waals surface area contributed by atoms with Crippen molar-refractivity contribution in [3.63, 3.8) is 0 Å². The Morgan fingerprint density at radius 2 is 1.62 bits per heavy atom. The molecule has 3 nitrogen and oxygen atoms in total. The summed E-state index contributed by atoms with van der Waals surface area (Å²) in [5, 5.41) is 1.08. The van der Waals surface area contributed by atoms with Crippen molar-refractivity contribution in [2.75, 3.05) is 13.2 Å². The van der Waals surface area contributed by atoms with Crippen LogP contribution in [-0.2, 0) is 0 Å². The molecule has 0 bridgehead atoms. The van der Waals surface area contributed by atoms with Crippen LogP contribution >= 0.6 is 22.6 Å². The summed E-state index contributed by atoms with van der Waals surface area (Å²) in [6.07, 6.45) is 1.78. The second-order valence-electron chi connectivity index (χ2n) is 4.48. The van der Waals surface area contributed by atoms with Crippen LogP contribution in [0, 0.1) is 3.57 Å². The number of rotatable bonds is 5. The summed E-state index contributed by atoms with van der Waals surface area (Å²) < 4.78 is 12.6. The lowest BCUT2D eigenvalue weighted by Gasteiger charge is -2.10. The number of ether oxygens (including phenoxy) is 2. The zero-order chi connectivity index (χ0) is 14.5. The molecule has 0 unspecified atom stereocenters. The molecule has 2 aromatic carbocycles. The van der Waals surface area contributed by atoms with Gasteiger partial charge in [-0.05, 0) is 59.0 Å². The largest absolute Gasteiger partial charge is 0.490 e. The Bertz CT molecular complexity index is 723. The van der Waals surface area contributed by atoms with Crippen molar-refractivity contribution >= 4 is 33.5 Å². The molecule has 3 rings (SSSR count). The van der Waals surface area contributed by atoms with Gasteiger partial charge in [-0.25, -0.2) is 0 Å². The molecule has 106 valence electrons. The molecule has 0 saturated heterocycles. The Balaban J connectivity index is 1.58. The summed E-state index contributed by atoms with van der Waals surface area (Å²) in [6, 6.07) is 17.8. The van der Waals surface area contributed by atoms with E-state index in [2.05, 4.69) is 27.6 Å². The van der Waals surface area contributed by atoms with Crippen LogP contribution in [0.2, 0.25) is 0 Å². The van der Waals surface area contributed by atoms with Gasteiger partial charge in [0, 0.05) is 15.2 Å². The van der Waals surface area contributed by atoms with Gasteiger partial charge in [0.25, 0.3) is 0 Å². The monoisotopic (exact) mass is 391 g/mol. The molecule has 0 amide bonds. The molecule has 0 fully saturated rings. The van der Waals surface area contributed by atoms with E-state index in [1.54, 1.807) is 6.20 Å². The SMILES string of the molecule is Ic1ccc(OCCOc2cccc3cccnc23)cc1. The van der Waals surface area contributed by atoms with Gasteiger partial charge in [0.15, 0.2) is 0 Å². The van der Waals surface area contributed by atoms with Crippen molar-refractivity contribution < 1.29 is 9.47 Å². The highest BCUT2D eigenvalue weighted by Gasteiger charge is 2.02. The average Bonchev–Trinajstić information content (AvgIpc) is 2.53. The van der Waals surface area contributed by atoms with E-state index >= 15 is 0 Å². The minimum absolute atomic E-state index is 0.488. The number of pyridine rings is 1. The topological polar surface area (TPSA) is 31.4 Å². The molecule has 3 aromatic rings. The number of aromatic nitrogens is 1. The molecule has 0 aliphatic heterocycles. The summed E-state index contributed by atoms with van der Waals surface area (Å²) in [5.74, 6) is 1.65. The van der Waals surface area contributed by atoms with E-state index in [9.17, 15) is 0 Å². The minimum Gasteiger partial charge on any atom is -0.490 e. The maximum Gasteiger partial charge on any atom is 0.145 e. The third-order valence-corrected chi connectivity index (χ3v) is 3.74. The van der Waals surface area contributed by atoms with Crippen LogP contribution < -0.4 is 9.47 Å². The lowest BCUT2D eigenvalue weighted by molar-refractivity contribution is 0.218. The molecule has 1 heterocycles. The van der Waals surface area contributed by atoms with Crippen LogP contribution in [0.5, 0.6) is 11.5 Å². The number of hydrogen-bond donors (Lipinski definition) is 0. The van der Waals surface area contributed by atoms with Crippen molar-refractivity contribution in [1.82, 2.24) is 4.98 Å². The summed E-state index contributed by atoms with van der Waals surface area (Å²) in [7, 11) is 0. The van der Waals surface area contributed by atoms with Gasteiger partial charge in [0.05, 0.1) is 0 Å². The Labute approximate surface area is 137 Å². The number of para-hydroxylation sites is 1. The maximum atomic E-state index is 5.78. The molecule has 1 aromatic heterocycles. The fourth-order valence-corrected chi connectivity index (χ4v) is 2.39. The number of hydrogen-bond acceptors (Lipinski definition) is 3. The smallest absolute Gasteiger partial charge is 0.145 e. The highest BCUT2D eigenvalue weighted by Crippen LogP contribution is 2.22. The highest BCUT2D eigenvalue weighted by atomic mass is 127. The standard InChI is InChI=1S/C17H14INO2/c18-14-6-8-15(9-7-14)20-11-12-21-16-5-1-3-13-4-2-10-19-17(13)16/h1-10H,11-12H2. The molecule has 0 aliphatic rings. The van der Waals surface area contributed by atoms with Crippen LogP contribution in [0.3, 0.4) is 0 Å². The lowest BCUT2D eigenvalue weighted by atomic mass is 10.2. The van der Waals surface area contributed by atoms with Crippen molar-refractivity contribution in [3.05, 3.63) is 64.4 Å². The Morgan fingerprint density at radius 1 is 0.857 bits per heavy atom. The van der Waals surface area contributed by atoms with E-state index in [4.69, 9.17) is 9.47 Å². The van der Waals surface area contributed by atoms with E-state index in [1.807, 2.05) is 54.6 Å². The van der Waals surface area contributed by atoms with Crippen LogP contribution in [0.1, 0.15) is 0 Å². The van der Waals surface area contributed by atoms with Gasteiger partial charge in [0.2, 0.25) is 0 Å². The molecule has 0 spiro atoms. The number of benzene rings is 2. The first-order valence-electron chi connectivity index (χ1n) is 6.68. The van der Waals surface area contributed by atoms with Gasteiger partial charge < -0.3 is 9.47 Å². The number of nitrogens with zero attached hydrogens (tertiary/aromatic N) is 1. The first kappa shape index (κ1) is 14.1. The van der Waals surface area contributed by atoms with E-state index in [1.165, 1.54) is 3.57 Å². The van der Waals surface area contributed by atoms with Crippen LogP contribution in [0.4, 0.5) is 0 Å². The van der Waals surface area contributed by atoms with E-state index < -0.39 is 0 Å². The van der Waals surface area contributed by atoms with Gasteiger partial charge in [-0.15, -0.1) is 0 Å². The number of fused-ring (bicyclic) bond motifs is 1. The van der Waals surface area contributed by atoms with E-state index in [0.717, 1.165) is 22.4 Å². The molecular weight excluding hydrogens is 377 g/mol. The predicted molar refractivity (Wildman–Crippen MR) is 91.9 cm³/mol. The minimum atomic E-state index is 0.488. The van der Waals surface area contributed by atoms with Gasteiger partial charge >= 0.3 is 0 Å². The molecule has 21 heavy (non-hydrogen) atoms. The predicted octanol–water partition coefficient (Wildman–Crippen LogP) is 4.30. The third kappa shape index (κ3) is 3.64. The molecular formula is C17H14INO2. The van der Waals surface area contributed by atoms with Gasteiger partial charge in [0.1, 0.15) is 30.2 Å². The zero-order valence-corrected chi connectivity index (χ0v) is 13.5. The summed E-state index contributed by atoms with van der Waals surface area (Å²) >= 11 is 2.27. The second kappa shape index (κ2) is 6.76. The van der Waals surface area contributed by atoms with Gasteiger partial charge in [-0.2, -0.15) is 0 Å². The van der Waals surface area contributed by atoms with Crippen molar-refractivity contribution in [2.24, 2.45) is 0 Å². The van der Waals surface area contributed by atoms with Crippen LogP contribution in [0.15, 0.2) is 60.8 Å². The average molecular weight is 391 g/mol. The van der Waals surface area contributed by atoms with Gasteiger partial charge in [-0.3, -0.25) is 4.98 Å². The summed E-state index contributed by atoms with van der Waals surface area (Å²) in [5.41, 5.74) is 0.884. The molecule has 0 aliphatic carbocycles. The molecule has 0 radical (unpaired) electrons. The fourth-order valence-electron chi connectivity index (χ4n) is 2.03. The normalized spacial score (nSPS) is 10.5. The van der Waals surface area contributed by atoms with Crippen molar-refractivity contribution in [2.45, 2.75) is 0 Å². The first-order chi connectivity index (χ1) is 10.3. The zero-order valence-electron chi connectivity index (χ0n) is 11.3. The summed E-state index contributed by atoms with van der Waals surface area (Å²) in [4.78, 5) is 4.36. The highest BCUT2D eigenvalue weighted by molar-refractivity contribution is 14.1. The maximum absolute atomic E-state index is 5.78. The Kier molecular flexibility index (Phi) is 4.55. The molecule has 4 heteroatoms. The van der Waals surface area contributed by atoms with Crippen molar-refractivity contribution in [1.29, 1.82) is 0 Å². The summed E-state index contributed by atoms with van der Waals surface area (Å²) in [6.45, 7) is 0.992. The first-order valence-corrected chi connectivity index (χ1v) is 7.76.